The molecule has 0 radical (unpaired) electrons. The molecule has 118 valence electrons. The summed E-state index contributed by atoms with van der Waals surface area (Å²) < 4.78 is 0. The van der Waals surface area contributed by atoms with Gasteiger partial charge in [0.15, 0.2) is 0 Å². The third kappa shape index (κ3) is 4.46. The number of urea groups is 1. The van der Waals surface area contributed by atoms with Crippen molar-refractivity contribution >= 4 is 23.2 Å². The lowest BCUT2D eigenvalue weighted by Crippen LogP contribution is -2.37. The van der Waals surface area contributed by atoms with Crippen LogP contribution in [0.25, 0.3) is 0 Å². The molecule has 5 nitrogen and oxygen atoms in total. The first-order valence-corrected chi connectivity index (χ1v) is 8.19. The summed E-state index contributed by atoms with van der Waals surface area (Å²) in [4.78, 5) is 19.6. The highest BCUT2D eigenvalue weighted by Gasteiger charge is 2.13. The second kappa shape index (κ2) is 7.79. The molecule has 2 aromatic rings. The average molecular weight is 318 g/mol. The quantitative estimate of drug-likeness (QED) is 0.860. The van der Waals surface area contributed by atoms with Crippen LogP contribution in [0.5, 0.6) is 0 Å². The van der Waals surface area contributed by atoms with Crippen LogP contribution in [0.1, 0.15) is 30.0 Å². The number of nitrogens with one attached hydrogen (secondary N) is 2. The maximum atomic E-state index is 12.0. The first kappa shape index (κ1) is 16.3. The first-order chi connectivity index (χ1) is 10.6. The standard InChI is InChI=1S/C16H22N4OS/c1-4-13(14-8-6-10-22-14)19-16(21)17-11-12-7-5-9-15(18-12)20(2)3/h5-10,13H,4,11H2,1-3H3,(H2,17,19,21)/t13-/m0/s1. The van der Waals surface area contributed by atoms with Gasteiger partial charge in [-0.3, -0.25) is 0 Å². The van der Waals surface area contributed by atoms with E-state index in [1.165, 1.54) is 4.88 Å². The van der Waals surface area contributed by atoms with E-state index in [2.05, 4.69) is 22.5 Å². The lowest BCUT2D eigenvalue weighted by Gasteiger charge is -2.16. The number of carbonyl (C=O) groups excluding carboxylic acids is 1. The normalized spacial score (nSPS) is 11.8. The third-order valence-corrected chi connectivity index (χ3v) is 4.27. The molecule has 22 heavy (non-hydrogen) atoms. The van der Waals surface area contributed by atoms with Gasteiger partial charge in [-0.1, -0.05) is 19.1 Å². The minimum atomic E-state index is -0.169. The van der Waals surface area contributed by atoms with Gasteiger partial charge in [-0.05, 0) is 30.0 Å². The van der Waals surface area contributed by atoms with E-state index in [1.54, 1.807) is 11.3 Å². The Kier molecular flexibility index (Phi) is 5.77. The van der Waals surface area contributed by atoms with E-state index in [1.807, 2.05) is 54.7 Å². The van der Waals surface area contributed by atoms with Crippen LogP contribution in [0, 0.1) is 0 Å². The second-order valence-corrected chi connectivity index (χ2v) is 6.16. The van der Waals surface area contributed by atoms with Gasteiger partial charge in [-0.15, -0.1) is 11.3 Å². The first-order valence-electron chi connectivity index (χ1n) is 7.31. The number of aromatic nitrogens is 1. The Bertz CT molecular complexity index is 598. The Morgan fingerprint density at radius 3 is 2.77 bits per heavy atom. The maximum absolute atomic E-state index is 12.0. The fraction of sp³-hybridized carbons (Fsp3) is 0.375. The van der Waals surface area contributed by atoms with Gasteiger partial charge in [0.05, 0.1) is 18.3 Å². The van der Waals surface area contributed by atoms with Crippen LogP contribution in [-0.4, -0.2) is 25.1 Å². The summed E-state index contributed by atoms with van der Waals surface area (Å²) in [5, 5.41) is 7.89. The smallest absolute Gasteiger partial charge is 0.315 e. The van der Waals surface area contributed by atoms with Gasteiger partial charge >= 0.3 is 6.03 Å². The number of carbonyl (C=O) groups is 1. The largest absolute Gasteiger partial charge is 0.363 e. The number of pyridine rings is 1. The van der Waals surface area contributed by atoms with Gasteiger partial charge in [-0.2, -0.15) is 0 Å². The molecule has 2 amide bonds. The summed E-state index contributed by atoms with van der Waals surface area (Å²) in [5.41, 5.74) is 0.838. The Morgan fingerprint density at radius 1 is 1.32 bits per heavy atom. The van der Waals surface area contributed by atoms with Crippen molar-refractivity contribution in [2.45, 2.75) is 25.9 Å². The van der Waals surface area contributed by atoms with Crippen LogP contribution in [-0.2, 0) is 6.54 Å². The van der Waals surface area contributed by atoms with Crippen molar-refractivity contribution in [1.82, 2.24) is 15.6 Å². The van der Waals surface area contributed by atoms with Crippen LogP contribution in [0.3, 0.4) is 0 Å². The molecule has 0 aromatic carbocycles. The molecule has 2 aromatic heterocycles. The summed E-state index contributed by atoms with van der Waals surface area (Å²) in [7, 11) is 3.89. The number of amides is 2. The fourth-order valence-corrected chi connectivity index (χ4v) is 2.92. The van der Waals surface area contributed by atoms with Crippen molar-refractivity contribution in [2.24, 2.45) is 0 Å². The zero-order valence-electron chi connectivity index (χ0n) is 13.2. The van der Waals surface area contributed by atoms with E-state index in [0.29, 0.717) is 6.54 Å². The molecule has 2 N–H and O–H groups in total. The number of rotatable bonds is 6. The van der Waals surface area contributed by atoms with Gasteiger partial charge in [0, 0.05) is 19.0 Å². The predicted molar refractivity (Wildman–Crippen MR) is 91.3 cm³/mol. The molecule has 0 saturated carbocycles. The van der Waals surface area contributed by atoms with E-state index in [0.717, 1.165) is 17.9 Å². The average Bonchev–Trinajstić information content (AvgIpc) is 3.05. The van der Waals surface area contributed by atoms with E-state index in [4.69, 9.17) is 0 Å². The molecule has 0 fully saturated rings. The molecule has 0 aliphatic carbocycles. The van der Waals surface area contributed by atoms with Crippen LogP contribution >= 0.6 is 11.3 Å². The fourth-order valence-electron chi connectivity index (χ4n) is 2.06. The molecule has 1 atom stereocenters. The van der Waals surface area contributed by atoms with Crippen molar-refractivity contribution in [3.05, 3.63) is 46.3 Å². The molecule has 0 saturated heterocycles. The highest BCUT2D eigenvalue weighted by molar-refractivity contribution is 7.10. The number of hydrogen-bond acceptors (Lipinski definition) is 4. The molecule has 0 bridgehead atoms. The van der Waals surface area contributed by atoms with Crippen LogP contribution < -0.4 is 15.5 Å². The Hall–Kier alpha value is -2.08. The van der Waals surface area contributed by atoms with Gasteiger partial charge in [0.2, 0.25) is 0 Å². The number of anilines is 1. The number of hydrogen-bond donors (Lipinski definition) is 2. The topological polar surface area (TPSA) is 57.3 Å². The molecule has 6 heteroatoms. The SMILES string of the molecule is CC[C@H](NC(=O)NCc1cccc(N(C)C)n1)c1cccs1. The van der Waals surface area contributed by atoms with E-state index >= 15 is 0 Å². The summed E-state index contributed by atoms with van der Waals surface area (Å²) in [5.74, 6) is 0.879. The molecular weight excluding hydrogens is 296 g/mol. The zero-order valence-corrected chi connectivity index (χ0v) is 14.0. The van der Waals surface area contributed by atoms with Crippen molar-refractivity contribution < 1.29 is 4.79 Å². The van der Waals surface area contributed by atoms with Crippen molar-refractivity contribution in [3.63, 3.8) is 0 Å². The number of thiophene rings is 1. The number of nitrogens with zero attached hydrogens (tertiary/aromatic N) is 2. The molecule has 2 heterocycles. The van der Waals surface area contributed by atoms with Crippen molar-refractivity contribution in [2.75, 3.05) is 19.0 Å². The molecular formula is C16H22N4OS. The van der Waals surface area contributed by atoms with Gasteiger partial charge in [0.25, 0.3) is 0 Å². The van der Waals surface area contributed by atoms with E-state index in [9.17, 15) is 4.79 Å². The van der Waals surface area contributed by atoms with E-state index < -0.39 is 0 Å². The summed E-state index contributed by atoms with van der Waals surface area (Å²) in [6, 6.07) is 9.72. The predicted octanol–water partition coefficient (Wildman–Crippen LogP) is 3.16. The van der Waals surface area contributed by atoms with Gasteiger partial charge in [-0.25, -0.2) is 9.78 Å². The molecule has 0 spiro atoms. The monoisotopic (exact) mass is 318 g/mol. The maximum Gasteiger partial charge on any atom is 0.315 e. The molecule has 0 aliphatic heterocycles. The van der Waals surface area contributed by atoms with Gasteiger partial charge in [0.1, 0.15) is 5.82 Å². The highest BCUT2D eigenvalue weighted by Crippen LogP contribution is 2.21. The Labute approximate surface area is 135 Å². The lowest BCUT2D eigenvalue weighted by atomic mass is 10.2. The minimum absolute atomic E-state index is 0.0565. The molecule has 2 rings (SSSR count). The minimum Gasteiger partial charge on any atom is -0.363 e. The summed E-state index contributed by atoms with van der Waals surface area (Å²) in [6.45, 7) is 2.47. The summed E-state index contributed by atoms with van der Waals surface area (Å²) >= 11 is 1.66. The van der Waals surface area contributed by atoms with Crippen LogP contribution in [0.15, 0.2) is 35.7 Å². The Morgan fingerprint density at radius 2 is 2.14 bits per heavy atom. The molecule has 0 unspecified atom stereocenters. The van der Waals surface area contributed by atoms with Crippen molar-refractivity contribution in [3.8, 4) is 0 Å². The van der Waals surface area contributed by atoms with Crippen LogP contribution in [0.4, 0.5) is 10.6 Å². The van der Waals surface area contributed by atoms with Gasteiger partial charge < -0.3 is 15.5 Å². The second-order valence-electron chi connectivity index (χ2n) is 5.18. The Balaban J connectivity index is 1.88. The van der Waals surface area contributed by atoms with Crippen LogP contribution in [0.2, 0.25) is 0 Å². The van der Waals surface area contributed by atoms with Crippen molar-refractivity contribution in [1.29, 1.82) is 0 Å². The highest BCUT2D eigenvalue weighted by atomic mass is 32.1. The lowest BCUT2D eigenvalue weighted by molar-refractivity contribution is 0.236. The zero-order chi connectivity index (χ0) is 15.9. The third-order valence-electron chi connectivity index (χ3n) is 3.28. The summed E-state index contributed by atoms with van der Waals surface area (Å²) in [6.07, 6.45) is 0.863. The van der Waals surface area contributed by atoms with E-state index in [-0.39, 0.29) is 12.1 Å². The molecule has 0 aliphatic rings.